The van der Waals surface area contributed by atoms with Crippen LogP contribution < -0.4 is 5.73 Å². The lowest BCUT2D eigenvalue weighted by Crippen LogP contribution is -2.02. The second-order valence-electron chi connectivity index (χ2n) is 3.29. The lowest BCUT2D eigenvalue weighted by atomic mass is 10.3. The van der Waals surface area contributed by atoms with Crippen LogP contribution in [0.4, 0.5) is 5.82 Å². The molecule has 1 heterocycles. The second-order valence-corrected chi connectivity index (χ2v) is 5.21. The van der Waals surface area contributed by atoms with Gasteiger partial charge in [-0.3, -0.25) is 0 Å². The van der Waals surface area contributed by atoms with Crippen molar-refractivity contribution in [3.05, 3.63) is 37.5 Å². The Morgan fingerprint density at radius 1 is 1.38 bits per heavy atom. The fraction of sp³-hybridized carbons (Fsp3) is 0.100. The minimum Gasteiger partial charge on any atom is -0.383 e. The molecular formula is C10H8Cl2IN3. The number of halogens is 3. The van der Waals surface area contributed by atoms with Crippen molar-refractivity contribution in [2.75, 3.05) is 5.73 Å². The Labute approximate surface area is 117 Å². The molecule has 0 aliphatic heterocycles. The number of anilines is 1. The fourth-order valence-corrected chi connectivity index (χ4v) is 2.19. The number of rotatable bonds is 1. The van der Waals surface area contributed by atoms with Crippen molar-refractivity contribution in [3.63, 3.8) is 0 Å². The number of hydrogen-bond acceptors (Lipinski definition) is 2. The zero-order valence-corrected chi connectivity index (χ0v) is 12.0. The maximum absolute atomic E-state index is 6.09. The number of nitrogens with two attached hydrogens (primary N) is 1. The van der Waals surface area contributed by atoms with Crippen LogP contribution in [0, 0.1) is 10.5 Å². The molecule has 2 N–H and O–H groups in total. The van der Waals surface area contributed by atoms with E-state index < -0.39 is 0 Å². The zero-order valence-electron chi connectivity index (χ0n) is 8.34. The maximum atomic E-state index is 6.09. The molecule has 3 nitrogen and oxygen atoms in total. The number of nitrogen functional groups attached to an aromatic ring is 1. The van der Waals surface area contributed by atoms with Gasteiger partial charge in [0, 0.05) is 5.02 Å². The Morgan fingerprint density at radius 3 is 2.56 bits per heavy atom. The van der Waals surface area contributed by atoms with E-state index in [-0.39, 0.29) is 0 Å². The van der Waals surface area contributed by atoms with Crippen LogP contribution in [0.2, 0.25) is 10.0 Å². The minimum absolute atomic E-state index is 0.526. The number of aromatic nitrogens is 2. The summed E-state index contributed by atoms with van der Waals surface area (Å²) in [6.07, 6.45) is 0. The summed E-state index contributed by atoms with van der Waals surface area (Å²) in [6, 6.07) is 5.22. The first-order valence-electron chi connectivity index (χ1n) is 4.46. The van der Waals surface area contributed by atoms with Crippen molar-refractivity contribution < 1.29 is 0 Å². The van der Waals surface area contributed by atoms with Gasteiger partial charge in [0.15, 0.2) is 0 Å². The van der Waals surface area contributed by atoms with Crippen LogP contribution in [0.3, 0.4) is 0 Å². The predicted octanol–water partition coefficient (Wildman–Crippen LogP) is 3.67. The summed E-state index contributed by atoms with van der Waals surface area (Å²) in [5, 5.41) is 5.44. The molecule has 0 atom stereocenters. The lowest BCUT2D eigenvalue weighted by Gasteiger charge is -2.06. The van der Waals surface area contributed by atoms with Gasteiger partial charge in [-0.1, -0.05) is 23.2 Å². The average Bonchev–Trinajstić information content (AvgIpc) is 2.46. The lowest BCUT2D eigenvalue weighted by molar-refractivity contribution is 0.872. The molecule has 6 heteroatoms. The second kappa shape index (κ2) is 4.43. The van der Waals surface area contributed by atoms with Gasteiger partial charge >= 0.3 is 0 Å². The molecule has 0 saturated carbocycles. The number of nitrogens with zero attached hydrogens (tertiary/aromatic N) is 2. The number of aryl methyl sites for hydroxylation is 1. The summed E-state index contributed by atoms with van der Waals surface area (Å²) >= 11 is 14.1. The van der Waals surface area contributed by atoms with E-state index >= 15 is 0 Å². The van der Waals surface area contributed by atoms with Gasteiger partial charge in [-0.05, 0) is 47.7 Å². The molecule has 0 spiro atoms. The molecule has 16 heavy (non-hydrogen) atoms. The number of hydrogen-bond donors (Lipinski definition) is 1. The molecular weight excluding hydrogens is 360 g/mol. The van der Waals surface area contributed by atoms with Gasteiger partial charge in [0.05, 0.1) is 20.0 Å². The molecule has 0 radical (unpaired) electrons. The highest BCUT2D eigenvalue weighted by molar-refractivity contribution is 14.1. The van der Waals surface area contributed by atoms with E-state index in [0.717, 1.165) is 15.0 Å². The Bertz CT molecular complexity index is 551. The Hall–Kier alpha value is -0.460. The molecule has 1 aromatic carbocycles. The topological polar surface area (TPSA) is 43.8 Å². The molecule has 0 aliphatic rings. The SMILES string of the molecule is Cc1nn(-c2ccc(Cl)cc2Cl)c(N)c1I. The van der Waals surface area contributed by atoms with Crippen molar-refractivity contribution in [3.8, 4) is 5.69 Å². The van der Waals surface area contributed by atoms with Gasteiger partial charge in [0.2, 0.25) is 0 Å². The van der Waals surface area contributed by atoms with Gasteiger partial charge in [0.1, 0.15) is 5.82 Å². The Kier molecular flexibility index (Phi) is 3.32. The van der Waals surface area contributed by atoms with Crippen LogP contribution in [-0.2, 0) is 0 Å². The normalized spacial score (nSPS) is 10.8. The van der Waals surface area contributed by atoms with Crippen molar-refractivity contribution in [2.45, 2.75) is 6.92 Å². The third-order valence-corrected chi connectivity index (χ3v) is 4.03. The largest absolute Gasteiger partial charge is 0.383 e. The van der Waals surface area contributed by atoms with Crippen LogP contribution >= 0.6 is 45.8 Å². The molecule has 0 aliphatic carbocycles. The average molecular weight is 368 g/mol. The number of benzene rings is 1. The molecule has 1 aromatic heterocycles. The minimum atomic E-state index is 0.526. The molecule has 2 aromatic rings. The van der Waals surface area contributed by atoms with Crippen LogP contribution in [0.5, 0.6) is 0 Å². The van der Waals surface area contributed by atoms with E-state index in [4.69, 9.17) is 28.9 Å². The molecule has 0 amide bonds. The Morgan fingerprint density at radius 2 is 2.06 bits per heavy atom. The van der Waals surface area contributed by atoms with E-state index in [1.54, 1.807) is 22.9 Å². The van der Waals surface area contributed by atoms with Crippen molar-refractivity contribution in [1.82, 2.24) is 9.78 Å². The van der Waals surface area contributed by atoms with Crippen LogP contribution in [0.15, 0.2) is 18.2 Å². The molecule has 0 fully saturated rings. The molecule has 2 rings (SSSR count). The van der Waals surface area contributed by atoms with Crippen molar-refractivity contribution >= 4 is 51.6 Å². The van der Waals surface area contributed by atoms with E-state index in [9.17, 15) is 0 Å². The standard InChI is InChI=1S/C10H8Cl2IN3/c1-5-9(13)10(14)16(15-5)8-3-2-6(11)4-7(8)12/h2-4H,14H2,1H3. The summed E-state index contributed by atoms with van der Waals surface area (Å²) in [4.78, 5) is 0. The first-order chi connectivity index (χ1) is 7.50. The van der Waals surface area contributed by atoms with Gasteiger partial charge in [0.25, 0.3) is 0 Å². The van der Waals surface area contributed by atoms with Crippen LogP contribution in [0.1, 0.15) is 5.69 Å². The molecule has 0 bridgehead atoms. The highest BCUT2D eigenvalue weighted by Gasteiger charge is 2.13. The van der Waals surface area contributed by atoms with Gasteiger partial charge in [-0.15, -0.1) is 0 Å². The monoisotopic (exact) mass is 367 g/mol. The first kappa shape index (κ1) is 12.0. The summed E-state index contributed by atoms with van der Waals surface area (Å²) in [6.45, 7) is 1.90. The zero-order chi connectivity index (χ0) is 11.9. The molecule has 0 saturated heterocycles. The summed E-state index contributed by atoms with van der Waals surface area (Å²) in [5.41, 5.74) is 7.55. The predicted molar refractivity (Wildman–Crippen MR) is 75.5 cm³/mol. The fourth-order valence-electron chi connectivity index (χ4n) is 1.36. The summed E-state index contributed by atoms with van der Waals surface area (Å²) < 4.78 is 2.55. The van der Waals surface area contributed by atoms with E-state index in [2.05, 4.69) is 27.7 Å². The van der Waals surface area contributed by atoms with Gasteiger partial charge < -0.3 is 5.73 Å². The third-order valence-electron chi connectivity index (χ3n) is 2.16. The maximum Gasteiger partial charge on any atom is 0.141 e. The van der Waals surface area contributed by atoms with Gasteiger partial charge in [-0.25, -0.2) is 4.68 Å². The van der Waals surface area contributed by atoms with Crippen LogP contribution in [-0.4, -0.2) is 9.78 Å². The highest BCUT2D eigenvalue weighted by Crippen LogP contribution is 2.28. The quantitative estimate of drug-likeness (QED) is 0.781. The van der Waals surface area contributed by atoms with E-state index in [0.29, 0.717) is 15.9 Å². The summed E-state index contributed by atoms with van der Waals surface area (Å²) in [7, 11) is 0. The summed E-state index contributed by atoms with van der Waals surface area (Å²) in [5.74, 6) is 0.585. The molecule has 84 valence electrons. The van der Waals surface area contributed by atoms with Gasteiger partial charge in [-0.2, -0.15) is 5.10 Å². The van der Waals surface area contributed by atoms with E-state index in [1.807, 2.05) is 6.92 Å². The third kappa shape index (κ3) is 2.01. The van der Waals surface area contributed by atoms with E-state index in [1.165, 1.54) is 0 Å². The first-order valence-corrected chi connectivity index (χ1v) is 6.30. The molecule has 0 unspecified atom stereocenters. The van der Waals surface area contributed by atoms with Crippen LogP contribution in [0.25, 0.3) is 5.69 Å². The van der Waals surface area contributed by atoms with Crippen molar-refractivity contribution in [2.24, 2.45) is 0 Å². The van der Waals surface area contributed by atoms with Crippen molar-refractivity contribution in [1.29, 1.82) is 0 Å². The Balaban J connectivity index is 2.63. The smallest absolute Gasteiger partial charge is 0.141 e. The highest BCUT2D eigenvalue weighted by atomic mass is 127.